The second kappa shape index (κ2) is 9.62. The van der Waals surface area contributed by atoms with Crippen LogP contribution in [0.15, 0.2) is 42.0 Å². The van der Waals surface area contributed by atoms with Crippen LogP contribution >= 0.6 is 0 Å². The van der Waals surface area contributed by atoms with Gasteiger partial charge in [-0.15, -0.1) is 0 Å². The molecule has 168 valence electrons. The average Bonchev–Trinajstić information content (AvgIpc) is 2.66. The molecule has 4 heteroatoms. The molecular formula is C27H38O3Si. The third-order valence-corrected chi connectivity index (χ3v) is 7.45. The van der Waals surface area contributed by atoms with Crippen molar-refractivity contribution < 1.29 is 14.2 Å². The number of hydrogen-bond acceptors (Lipinski definition) is 3. The predicted octanol–water partition coefficient (Wildman–Crippen LogP) is 7.75. The van der Waals surface area contributed by atoms with Crippen molar-refractivity contribution in [2.75, 3.05) is 13.4 Å². The van der Waals surface area contributed by atoms with E-state index in [1.165, 1.54) is 11.0 Å². The Hall–Kier alpha value is -2.04. The zero-order valence-corrected chi connectivity index (χ0v) is 21.3. The normalized spacial score (nSPS) is 17.9. The molecule has 0 saturated heterocycles. The van der Waals surface area contributed by atoms with E-state index in [4.69, 9.17) is 14.2 Å². The molecule has 0 radical (unpaired) electrons. The van der Waals surface area contributed by atoms with Gasteiger partial charge in [0.15, 0.2) is 6.79 Å². The summed E-state index contributed by atoms with van der Waals surface area (Å²) in [7, 11) is -1.08. The quantitative estimate of drug-likeness (QED) is 0.173. The Morgan fingerprint density at radius 2 is 1.94 bits per heavy atom. The molecule has 2 aromatic carbocycles. The lowest BCUT2D eigenvalue weighted by Crippen LogP contribution is -2.31. The topological polar surface area (TPSA) is 27.7 Å². The van der Waals surface area contributed by atoms with Gasteiger partial charge in [0, 0.05) is 20.2 Å². The summed E-state index contributed by atoms with van der Waals surface area (Å²) in [5.41, 5.74) is 3.32. The molecule has 3 nitrogen and oxygen atoms in total. The summed E-state index contributed by atoms with van der Waals surface area (Å²) in [4.78, 5) is 0. The van der Waals surface area contributed by atoms with E-state index in [0.29, 0.717) is 6.79 Å². The lowest BCUT2D eigenvalue weighted by Gasteiger charge is -2.32. The third-order valence-electron chi connectivity index (χ3n) is 5.75. The van der Waals surface area contributed by atoms with Gasteiger partial charge in [0.05, 0.1) is 0 Å². The molecule has 0 saturated carbocycles. The van der Waals surface area contributed by atoms with Crippen molar-refractivity contribution in [2.45, 2.75) is 71.8 Å². The van der Waals surface area contributed by atoms with Crippen molar-refractivity contribution in [1.29, 1.82) is 0 Å². The van der Waals surface area contributed by atoms with E-state index in [1.54, 1.807) is 0 Å². The van der Waals surface area contributed by atoms with Gasteiger partial charge in [-0.25, -0.2) is 0 Å². The van der Waals surface area contributed by atoms with Crippen LogP contribution in [0.4, 0.5) is 0 Å². The zero-order valence-electron chi connectivity index (χ0n) is 20.3. The van der Waals surface area contributed by atoms with Gasteiger partial charge in [0.1, 0.15) is 17.1 Å². The van der Waals surface area contributed by atoms with Crippen LogP contribution in [-0.2, 0) is 4.74 Å². The molecule has 1 heterocycles. The Bertz CT molecular complexity index is 980. The SMILES string of the molecule is CC(C)=CCC[C@]1(C)C=Cc2c(ccc3cc(C)c(OCOCC[Si](C)(C)C)cc23)O1. The Balaban J connectivity index is 1.75. The summed E-state index contributed by atoms with van der Waals surface area (Å²) in [6, 6.07) is 9.70. The molecule has 1 aliphatic rings. The van der Waals surface area contributed by atoms with Gasteiger partial charge in [0.25, 0.3) is 0 Å². The third kappa shape index (κ3) is 6.47. The molecule has 0 bridgehead atoms. The fraction of sp³-hybridized carbons (Fsp3) is 0.481. The van der Waals surface area contributed by atoms with E-state index >= 15 is 0 Å². The molecule has 1 aliphatic heterocycles. The van der Waals surface area contributed by atoms with Crippen molar-refractivity contribution in [3.05, 3.63) is 53.1 Å². The van der Waals surface area contributed by atoms with Gasteiger partial charge in [0.2, 0.25) is 0 Å². The Labute approximate surface area is 189 Å². The number of rotatable bonds is 9. The van der Waals surface area contributed by atoms with Crippen molar-refractivity contribution >= 4 is 24.9 Å². The van der Waals surface area contributed by atoms with E-state index in [0.717, 1.165) is 53.5 Å². The molecule has 3 rings (SSSR count). The maximum Gasteiger partial charge on any atom is 0.189 e. The van der Waals surface area contributed by atoms with E-state index in [2.05, 4.69) is 89.8 Å². The summed E-state index contributed by atoms with van der Waals surface area (Å²) in [6.45, 7) is 16.7. The monoisotopic (exact) mass is 438 g/mol. The fourth-order valence-electron chi connectivity index (χ4n) is 3.75. The summed E-state index contributed by atoms with van der Waals surface area (Å²) in [6.07, 6.45) is 8.67. The number of fused-ring (bicyclic) bond motifs is 3. The van der Waals surface area contributed by atoms with Gasteiger partial charge >= 0.3 is 0 Å². The number of aryl methyl sites for hydroxylation is 1. The number of allylic oxidation sites excluding steroid dienone is 2. The molecule has 2 aromatic rings. The first kappa shape index (κ1) is 23.6. The first-order valence-corrected chi connectivity index (χ1v) is 15.1. The number of ether oxygens (including phenoxy) is 3. The minimum absolute atomic E-state index is 0.277. The van der Waals surface area contributed by atoms with Crippen LogP contribution in [-0.4, -0.2) is 27.1 Å². The highest BCUT2D eigenvalue weighted by Crippen LogP contribution is 2.39. The summed E-state index contributed by atoms with van der Waals surface area (Å²) in [5, 5.41) is 2.35. The number of benzene rings is 2. The van der Waals surface area contributed by atoms with E-state index < -0.39 is 8.07 Å². The second-order valence-electron chi connectivity index (χ2n) is 10.4. The molecule has 0 aliphatic carbocycles. The number of hydrogen-bond donors (Lipinski definition) is 0. The van der Waals surface area contributed by atoms with Crippen molar-refractivity contribution in [3.8, 4) is 11.5 Å². The lowest BCUT2D eigenvalue weighted by atomic mass is 9.92. The van der Waals surface area contributed by atoms with Gasteiger partial charge in [-0.3, -0.25) is 0 Å². The summed E-state index contributed by atoms with van der Waals surface area (Å²) >= 11 is 0. The largest absolute Gasteiger partial charge is 0.483 e. The molecule has 0 fully saturated rings. The molecule has 0 amide bonds. The Morgan fingerprint density at radius 1 is 1.16 bits per heavy atom. The highest BCUT2D eigenvalue weighted by molar-refractivity contribution is 6.76. The molecule has 0 spiro atoms. The second-order valence-corrected chi connectivity index (χ2v) is 16.0. The zero-order chi connectivity index (χ0) is 22.6. The molecule has 0 unspecified atom stereocenters. The minimum Gasteiger partial charge on any atom is -0.483 e. The predicted molar refractivity (Wildman–Crippen MR) is 135 cm³/mol. The van der Waals surface area contributed by atoms with Crippen LogP contribution < -0.4 is 9.47 Å². The molecular weight excluding hydrogens is 400 g/mol. The molecule has 1 atom stereocenters. The van der Waals surface area contributed by atoms with Crippen molar-refractivity contribution in [3.63, 3.8) is 0 Å². The first-order chi connectivity index (χ1) is 14.6. The van der Waals surface area contributed by atoms with Crippen molar-refractivity contribution in [1.82, 2.24) is 0 Å². The van der Waals surface area contributed by atoms with Gasteiger partial charge in [-0.05, 0) is 87.2 Å². The standard InChI is InChI=1S/C27H38O3Si/c1-20(2)9-8-13-27(4)14-12-23-24-18-26(29-19-28-15-16-31(5,6)7)21(3)17-22(24)10-11-25(23)30-27/h9-12,14,17-18H,8,13,15-16,19H2,1-7H3/t27-/m1/s1. The highest BCUT2D eigenvalue weighted by Gasteiger charge is 2.27. The Kier molecular flexibility index (Phi) is 7.33. The smallest absolute Gasteiger partial charge is 0.189 e. The van der Waals surface area contributed by atoms with E-state index in [1.807, 2.05) is 0 Å². The molecule has 0 N–H and O–H groups in total. The average molecular weight is 439 g/mol. The van der Waals surface area contributed by atoms with Crippen LogP contribution in [0.2, 0.25) is 25.7 Å². The molecule has 31 heavy (non-hydrogen) atoms. The first-order valence-electron chi connectivity index (χ1n) is 11.4. The van der Waals surface area contributed by atoms with Crippen LogP contribution in [0, 0.1) is 6.92 Å². The van der Waals surface area contributed by atoms with Crippen LogP contribution in [0.1, 0.15) is 44.7 Å². The minimum atomic E-state index is -1.08. The lowest BCUT2D eigenvalue weighted by molar-refractivity contribution is 0.0217. The van der Waals surface area contributed by atoms with Gasteiger partial charge in [-0.2, -0.15) is 0 Å². The van der Waals surface area contributed by atoms with Crippen molar-refractivity contribution in [2.24, 2.45) is 0 Å². The van der Waals surface area contributed by atoms with Gasteiger partial charge < -0.3 is 14.2 Å². The van der Waals surface area contributed by atoms with E-state index in [-0.39, 0.29) is 5.60 Å². The van der Waals surface area contributed by atoms with E-state index in [9.17, 15) is 0 Å². The van der Waals surface area contributed by atoms with Crippen LogP contribution in [0.25, 0.3) is 16.8 Å². The Morgan fingerprint density at radius 3 is 2.65 bits per heavy atom. The van der Waals surface area contributed by atoms with Crippen LogP contribution in [0.3, 0.4) is 0 Å². The molecule has 0 aromatic heterocycles. The summed E-state index contributed by atoms with van der Waals surface area (Å²) in [5.74, 6) is 1.81. The van der Waals surface area contributed by atoms with Crippen LogP contribution in [0.5, 0.6) is 11.5 Å². The highest BCUT2D eigenvalue weighted by atomic mass is 28.3. The fourth-order valence-corrected chi connectivity index (χ4v) is 4.51. The summed E-state index contributed by atoms with van der Waals surface area (Å²) < 4.78 is 18.2. The van der Waals surface area contributed by atoms with Gasteiger partial charge in [-0.1, -0.05) is 43.4 Å². The maximum atomic E-state index is 6.45. The maximum absolute atomic E-state index is 6.45.